The fourth-order valence-electron chi connectivity index (χ4n) is 4.17. The van der Waals surface area contributed by atoms with E-state index < -0.39 is 0 Å². The number of hydrogen-bond acceptors (Lipinski definition) is 2. The minimum Gasteiger partial charge on any atom is -0.305 e. The fourth-order valence-corrected chi connectivity index (χ4v) is 4.17. The number of amides is 1. The molecule has 0 aliphatic carbocycles. The summed E-state index contributed by atoms with van der Waals surface area (Å²) in [4.78, 5) is 17.4. The molecular weight excluding hydrogens is 394 g/mol. The number of anilines is 1. The summed E-state index contributed by atoms with van der Waals surface area (Å²) >= 11 is 0. The van der Waals surface area contributed by atoms with Gasteiger partial charge in [-0.3, -0.25) is 9.69 Å². The zero-order valence-corrected chi connectivity index (χ0v) is 17.6. The van der Waals surface area contributed by atoms with Crippen molar-refractivity contribution in [1.29, 1.82) is 0 Å². The number of halogens is 2. The van der Waals surface area contributed by atoms with E-state index in [0.717, 1.165) is 31.5 Å². The van der Waals surface area contributed by atoms with E-state index in [4.69, 9.17) is 0 Å². The number of rotatable bonds is 5. The van der Waals surface area contributed by atoms with Gasteiger partial charge < -0.3 is 4.90 Å². The van der Waals surface area contributed by atoms with Crippen molar-refractivity contribution in [3.63, 3.8) is 0 Å². The van der Waals surface area contributed by atoms with Crippen LogP contribution in [0.2, 0.25) is 0 Å². The van der Waals surface area contributed by atoms with Crippen LogP contribution in [0, 0.1) is 18.6 Å². The van der Waals surface area contributed by atoms with Gasteiger partial charge in [-0.1, -0.05) is 36.4 Å². The predicted octanol–water partition coefficient (Wildman–Crippen LogP) is 5.58. The Morgan fingerprint density at radius 2 is 1.71 bits per heavy atom. The largest absolute Gasteiger partial charge is 0.305 e. The van der Waals surface area contributed by atoms with Gasteiger partial charge in [0.25, 0.3) is 5.91 Å². The minimum absolute atomic E-state index is 0.0291. The third kappa shape index (κ3) is 5.00. The number of aryl methyl sites for hydroxylation is 1. The Kier molecular flexibility index (Phi) is 6.42. The smallest absolute Gasteiger partial charge is 0.258 e. The van der Waals surface area contributed by atoms with Crippen molar-refractivity contribution < 1.29 is 13.6 Å². The number of benzene rings is 3. The van der Waals surface area contributed by atoms with Crippen molar-refractivity contribution in [2.24, 2.45) is 0 Å². The van der Waals surface area contributed by atoms with E-state index in [1.165, 1.54) is 12.1 Å². The summed E-state index contributed by atoms with van der Waals surface area (Å²) in [6.07, 6.45) is 1.53. The Balaban J connectivity index is 1.53. The maximum Gasteiger partial charge on any atom is 0.258 e. The highest BCUT2D eigenvalue weighted by atomic mass is 19.1. The van der Waals surface area contributed by atoms with Crippen LogP contribution in [0.4, 0.5) is 14.5 Å². The topological polar surface area (TPSA) is 23.6 Å². The summed E-state index contributed by atoms with van der Waals surface area (Å²) in [5.74, 6) is -0.659. The van der Waals surface area contributed by atoms with Gasteiger partial charge >= 0.3 is 0 Å². The first-order valence-electron chi connectivity index (χ1n) is 10.6. The Hall–Kier alpha value is -3.05. The SMILES string of the molecule is Cc1ccc(N(C(=O)c2ccccc2)C2CCN(Cc3cccc(F)c3)CC2)cc1F. The number of piperidine rings is 1. The van der Waals surface area contributed by atoms with Gasteiger partial charge in [-0.2, -0.15) is 0 Å². The van der Waals surface area contributed by atoms with E-state index in [1.54, 1.807) is 42.2 Å². The fraction of sp³-hybridized carbons (Fsp3) is 0.269. The molecule has 1 saturated heterocycles. The van der Waals surface area contributed by atoms with Crippen molar-refractivity contribution in [2.75, 3.05) is 18.0 Å². The summed E-state index contributed by atoms with van der Waals surface area (Å²) in [5, 5.41) is 0. The summed E-state index contributed by atoms with van der Waals surface area (Å²) in [5.41, 5.74) is 2.67. The Bertz CT molecular complexity index is 1050. The number of nitrogens with zero attached hydrogens (tertiary/aromatic N) is 2. The van der Waals surface area contributed by atoms with E-state index in [0.29, 0.717) is 23.4 Å². The number of carbonyl (C=O) groups excluding carboxylic acids is 1. The normalized spacial score (nSPS) is 15.1. The van der Waals surface area contributed by atoms with Gasteiger partial charge in [0.15, 0.2) is 0 Å². The summed E-state index contributed by atoms with van der Waals surface area (Å²) in [6, 6.07) is 20.7. The molecule has 0 saturated carbocycles. The molecule has 0 unspecified atom stereocenters. The lowest BCUT2D eigenvalue weighted by Crippen LogP contribution is -2.47. The van der Waals surface area contributed by atoms with E-state index in [-0.39, 0.29) is 23.6 Å². The first-order valence-corrected chi connectivity index (χ1v) is 10.6. The molecule has 0 spiro atoms. The Morgan fingerprint density at radius 3 is 2.39 bits per heavy atom. The molecule has 1 aliphatic rings. The molecule has 0 atom stereocenters. The molecule has 3 aromatic carbocycles. The molecule has 0 radical (unpaired) electrons. The average Bonchev–Trinajstić information content (AvgIpc) is 2.78. The van der Waals surface area contributed by atoms with E-state index in [2.05, 4.69) is 4.90 Å². The van der Waals surface area contributed by atoms with E-state index in [9.17, 15) is 13.6 Å². The van der Waals surface area contributed by atoms with Crippen molar-refractivity contribution in [2.45, 2.75) is 32.4 Å². The molecule has 0 N–H and O–H groups in total. The second-order valence-corrected chi connectivity index (χ2v) is 8.11. The molecule has 5 heteroatoms. The summed E-state index contributed by atoms with van der Waals surface area (Å²) < 4.78 is 27.8. The van der Waals surface area contributed by atoms with Crippen LogP contribution in [-0.2, 0) is 6.54 Å². The van der Waals surface area contributed by atoms with Crippen LogP contribution in [0.25, 0.3) is 0 Å². The van der Waals surface area contributed by atoms with Gasteiger partial charge in [-0.25, -0.2) is 8.78 Å². The predicted molar refractivity (Wildman–Crippen MR) is 119 cm³/mol. The van der Waals surface area contributed by atoms with Crippen molar-refractivity contribution in [3.05, 3.63) is 101 Å². The molecule has 3 aromatic rings. The molecule has 1 aliphatic heterocycles. The van der Waals surface area contributed by atoms with E-state index >= 15 is 0 Å². The zero-order chi connectivity index (χ0) is 21.8. The second-order valence-electron chi connectivity index (χ2n) is 8.11. The molecule has 1 amide bonds. The molecule has 160 valence electrons. The first kappa shape index (κ1) is 21.2. The third-order valence-electron chi connectivity index (χ3n) is 5.89. The van der Waals surface area contributed by atoms with Gasteiger partial charge in [0.05, 0.1) is 0 Å². The molecule has 31 heavy (non-hydrogen) atoms. The molecular formula is C26H26F2N2O. The quantitative estimate of drug-likeness (QED) is 0.538. The number of hydrogen-bond donors (Lipinski definition) is 0. The van der Waals surface area contributed by atoms with Gasteiger partial charge in [-0.05, 0) is 67.3 Å². The number of carbonyl (C=O) groups is 1. The van der Waals surface area contributed by atoms with Crippen molar-refractivity contribution in [1.82, 2.24) is 4.90 Å². The van der Waals surface area contributed by atoms with E-state index in [1.807, 2.05) is 30.3 Å². The van der Waals surface area contributed by atoms with Crippen molar-refractivity contribution in [3.8, 4) is 0 Å². The van der Waals surface area contributed by atoms with Gasteiger partial charge in [0.1, 0.15) is 11.6 Å². The minimum atomic E-state index is -0.313. The Morgan fingerprint density at radius 1 is 0.968 bits per heavy atom. The highest BCUT2D eigenvalue weighted by Crippen LogP contribution is 2.28. The summed E-state index contributed by atoms with van der Waals surface area (Å²) in [7, 11) is 0. The second kappa shape index (κ2) is 9.40. The zero-order valence-electron chi connectivity index (χ0n) is 17.6. The summed E-state index contributed by atoms with van der Waals surface area (Å²) in [6.45, 7) is 3.96. The molecule has 3 nitrogen and oxygen atoms in total. The number of likely N-dealkylation sites (tertiary alicyclic amines) is 1. The maximum atomic E-state index is 14.3. The molecule has 0 aromatic heterocycles. The van der Waals surface area contributed by atoms with Crippen LogP contribution in [0.15, 0.2) is 72.8 Å². The average molecular weight is 421 g/mol. The van der Waals surface area contributed by atoms with Crippen LogP contribution in [-0.4, -0.2) is 29.9 Å². The maximum absolute atomic E-state index is 14.3. The van der Waals surface area contributed by atoms with Crippen LogP contribution >= 0.6 is 0 Å². The molecule has 1 heterocycles. The molecule has 4 rings (SSSR count). The van der Waals surface area contributed by atoms with Gasteiger partial charge in [-0.15, -0.1) is 0 Å². The lowest BCUT2D eigenvalue weighted by atomic mass is 9.99. The van der Waals surface area contributed by atoms with Gasteiger partial charge in [0.2, 0.25) is 0 Å². The van der Waals surface area contributed by atoms with Crippen LogP contribution in [0.1, 0.15) is 34.3 Å². The first-order chi connectivity index (χ1) is 15.0. The molecule has 0 bridgehead atoms. The van der Waals surface area contributed by atoms with Crippen LogP contribution in [0.3, 0.4) is 0 Å². The van der Waals surface area contributed by atoms with Crippen LogP contribution < -0.4 is 4.90 Å². The van der Waals surface area contributed by atoms with Crippen LogP contribution in [0.5, 0.6) is 0 Å². The third-order valence-corrected chi connectivity index (χ3v) is 5.89. The lowest BCUT2D eigenvalue weighted by molar-refractivity contribution is 0.0958. The monoisotopic (exact) mass is 420 g/mol. The lowest BCUT2D eigenvalue weighted by Gasteiger charge is -2.38. The highest BCUT2D eigenvalue weighted by molar-refractivity contribution is 6.06. The van der Waals surface area contributed by atoms with Crippen molar-refractivity contribution >= 4 is 11.6 Å². The standard InChI is InChI=1S/C26H26F2N2O/c1-19-10-11-24(17-25(19)28)30(26(31)21-7-3-2-4-8-21)23-12-14-29(15-13-23)18-20-6-5-9-22(27)16-20/h2-11,16-17,23H,12-15,18H2,1H3. The van der Waals surface area contributed by atoms with Gasteiger partial charge in [0, 0.05) is 36.9 Å². The Labute approximate surface area is 181 Å². The molecule has 1 fully saturated rings. The highest BCUT2D eigenvalue weighted by Gasteiger charge is 2.30.